The SMILES string of the molecule is O=S(=O)(OCCOS(=O)(=O)c1ccc(F)cc1)c1ccc(F)cc1. The Morgan fingerprint density at radius 3 is 1.21 bits per heavy atom. The molecule has 0 aliphatic carbocycles. The molecule has 0 aliphatic heterocycles. The molecule has 2 aromatic carbocycles. The molecule has 0 amide bonds. The van der Waals surface area contributed by atoms with Crippen LogP contribution in [0.25, 0.3) is 0 Å². The molecule has 0 unspecified atom stereocenters. The summed E-state index contributed by atoms with van der Waals surface area (Å²) < 4.78 is 81.9. The summed E-state index contributed by atoms with van der Waals surface area (Å²) in [7, 11) is -8.31. The molecule has 0 radical (unpaired) electrons. The summed E-state index contributed by atoms with van der Waals surface area (Å²) in [5.74, 6) is -1.22. The summed E-state index contributed by atoms with van der Waals surface area (Å²) in [5.41, 5.74) is 0. The Morgan fingerprint density at radius 2 is 0.917 bits per heavy atom. The van der Waals surface area contributed by atoms with E-state index < -0.39 is 45.1 Å². The van der Waals surface area contributed by atoms with Gasteiger partial charge in [-0.1, -0.05) is 0 Å². The minimum Gasteiger partial charge on any atom is -0.264 e. The molecule has 0 heterocycles. The molecule has 0 spiro atoms. The lowest BCUT2D eigenvalue weighted by Gasteiger charge is -2.07. The van der Waals surface area contributed by atoms with Gasteiger partial charge < -0.3 is 0 Å². The second-order valence-corrected chi connectivity index (χ2v) is 7.69. The van der Waals surface area contributed by atoms with Crippen molar-refractivity contribution < 1.29 is 34.0 Å². The van der Waals surface area contributed by atoms with Gasteiger partial charge in [-0.05, 0) is 48.5 Å². The van der Waals surface area contributed by atoms with Gasteiger partial charge in [0, 0.05) is 0 Å². The van der Waals surface area contributed by atoms with Crippen molar-refractivity contribution in [3.05, 3.63) is 60.2 Å². The molecule has 0 N–H and O–H groups in total. The van der Waals surface area contributed by atoms with E-state index in [4.69, 9.17) is 0 Å². The van der Waals surface area contributed by atoms with Crippen LogP contribution in [0, 0.1) is 11.6 Å². The Labute approximate surface area is 137 Å². The summed E-state index contributed by atoms with van der Waals surface area (Å²) >= 11 is 0. The minimum absolute atomic E-state index is 0.273. The van der Waals surface area contributed by atoms with Crippen LogP contribution in [0.3, 0.4) is 0 Å². The van der Waals surface area contributed by atoms with E-state index in [9.17, 15) is 25.6 Å². The first-order chi connectivity index (χ1) is 11.2. The highest BCUT2D eigenvalue weighted by atomic mass is 32.2. The van der Waals surface area contributed by atoms with Crippen LogP contribution in [-0.2, 0) is 28.6 Å². The molecular weight excluding hydrogens is 366 g/mol. The van der Waals surface area contributed by atoms with E-state index >= 15 is 0 Å². The van der Waals surface area contributed by atoms with Crippen LogP contribution in [-0.4, -0.2) is 30.0 Å². The quantitative estimate of drug-likeness (QED) is 0.542. The highest BCUT2D eigenvalue weighted by molar-refractivity contribution is 7.87. The zero-order valence-corrected chi connectivity index (χ0v) is 13.7. The molecule has 0 saturated heterocycles. The Hall–Kier alpha value is -1.88. The number of rotatable bonds is 7. The fraction of sp³-hybridized carbons (Fsp3) is 0.143. The van der Waals surface area contributed by atoms with Crippen molar-refractivity contribution in [1.29, 1.82) is 0 Å². The molecule has 0 saturated carbocycles. The van der Waals surface area contributed by atoms with Crippen LogP contribution in [0.2, 0.25) is 0 Å². The maximum absolute atomic E-state index is 12.8. The van der Waals surface area contributed by atoms with Crippen molar-refractivity contribution in [2.24, 2.45) is 0 Å². The van der Waals surface area contributed by atoms with Gasteiger partial charge in [-0.15, -0.1) is 0 Å². The van der Waals surface area contributed by atoms with Crippen LogP contribution < -0.4 is 0 Å². The molecule has 6 nitrogen and oxygen atoms in total. The first kappa shape index (κ1) is 18.5. The molecule has 0 aliphatic rings. The molecule has 0 atom stereocenters. The average Bonchev–Trinajstić information content (AvgIpc) is 2.52. The van der Waals surface area contributed by atoms with Crippen molar-refractivity contribution in [1.82, 2.24) is 0 Å². The largest absolute Gasteiger partial charge is 0.297 e. The van der Waals surface area contributed by atoms with Crippen LogP contribution in [0.5, 0.6) is 0 Å². The van der Waals surface area contributed by atoms with Crippen LogP contribution >= 0.6 is 0 Å². The number of hydrogen-bond donors (Lipinski definition) is 0. The minimum atomic E-state index is -4.16. The topological polar surface area (TPSA) is 86.7 Å². The zero-order valence-electron chi connectivity index (χ0n) is 12.1. The molecule has 10 heteroatoms. The summed E-state index contributed by atoms with van der Waals surface area (Å²) in [4.78, 5) is -0.546. The monoisotopic (exact) mass is 378 g/mol. The lowest BCUT2D eigenvalue weighted by atomic mass is 10.4. The van der Waals surface area contributed by atoms with E-state index in [-0.39, 0.29) is 9.79 Å². The molecular formula is C14H12F2O6S2. The number of hydrogen-bond acceptors (Lipinski definition) is 6. The standard InChI is InChI=1S/C14H12F2O6S2/c15-11-1-5-13(6-2-11)23(17,18)21-9-10-22-24(19,20)14-7-3-12(16)4-8-14/h1-8H,9-10H2. The normalized spacial score (nSPS) is 12.2. The van der Waals surface area contributed by atoms with E-state index in [1.54, 1.807) is 0 Å². The predicted molar refractivity (Wildman–Crippen MR) is 79.1 cm³/mol. The maximum atomic E-state index is 12.8. The first-order valence-electron chi connectivity index (χ1n) is 6.51. The highest BCUT2D eigenvalue weighted by Crippen LogP contribution is 2.15. The van der Waals surface area contributed by atoms with Gasteiger partial charge in [0.25, 0.3) is 20.2 Å². The number of benzene rings is 2. The van der Waals surface area contributed by atoms with E-state index in [1.807, 2.05) is 0 Å². The third-order valence-electron chi connectivity index (χ3n) is 2.76. The zero-order chi connectivity index (χ0) is 17.8. The van der Waals surface area contributed by atoms with Crippen molar-refractivity contribution in [2.75, 3.05) is 13.2 Å². The Balaban J connectivity index is 1.92. The van der Waals surface area contributed by atoms with E-state index in [0.717, 1.165) is 48.5 Å². The lowest BCUT2D eigenvalue weighted by Crippen LogP contribution is -2.15. The summed E-state index contributed by atoms with van der Waals surface area (Å²) in [6.07, 6.45) is 0. The Kier molecular flexibility index (Phi) is 5.65. The van der Waals surface area contributed by atoms with Gasteiger partial charge in [-0.25, -0.2) is 8.78 Å². The fourth-order valence-electron chi connectivity index (χ4n) is 1.63. The van der Waals surface area contributed by atoms with Crippen LogP contribution in [0.1, 0.15) is 0 Å². The summed E-state index contributed by atoms with van der Waals surface area (Å²) in [5, 5.41) is 0. The van der Waals surface area contributed by atoms with Gasteiger partial charge in [0.15, 0.2) is 0 Å². The second kappa shape index (κ2) is 7.34. The molecule has 2 rings (SSSR count). The third-order valence-corrected chi connectivity index (χ3v) is 5.42. The molecule has 130 valence electrons. The summed E-state index contributed by atoms with van der Waals surface area (Å²) in [6, 6.07) is 7.86. The Bertz CT molecular complexity index is 814. The van der Waals surface area contributed by atoms with Gasteiger partial charge in [-0.2, -0.15) is 16.8 Å². The number of halogens is 2. The van der Waals surface area contributed by atoms with Gasteiger partial charge in [0.1, 0.15) is 11.6 Å². The van der Waals surface area contributed by atoms with Crippen molar-refractivity contribution >= 4 is 20.2 Å². The van der Waals surface area contributed by atoms with E-state index in [2.05, 4.69) is 8.37 Å². The van der Waals surface area contributed by atoms with Gasteiger partial charge in [0.2, 0.25) is 0 Å². The van der Waals surface area contributed by atoms with Crippen molar-refractivity contribution in [3.63, 3.8) is 0 Å². The molecule has 0 aromatic heterocycles. The fourth-order valence-corrected chi connectivity index (χ4v) is 3.41. The van der Waals surface area contributed by atoms with Gasteiger partial charge >= 0.3 is 0 Å². The summed E-state index contributed by atoms with van der Waals surface area (Å²) in [6.45, 7) is -1.14. The highest BCUT2D eigenvalue weighted by Gasteiger charge is 2.18. The Morgan fingerprint density at radius 1 is 0.625 bits per heavy atom. The second-order valence-electron chi connectivity index (χ2n) is 4.46. The van der Waals surface area contributed by atoms with Crippen LogP contribution in [0.15, 0.2) is 58.3 Å². The first-order valence-corrected chi connectivity index (χ1v) is 9.32. The van der Waals surface area contributed by atoms with E-state index in [1.165, 1.54) is 0 Å². The molecule has 2 aromatic rings. The average molecular weight is 378 g/mol. The van der Waals surface area contributed by atoms with Crippen molar-refractivity contribution in [2.45, 2.75) is 9.79 Å². The predicted octanol–water partition coefficient (Wildman–Crippen LogP) is 2.08. The smallest absolute Gasteiger partial charge is 0.264 e. The van der Waals surface area contributed by atoms with E-state index in [0.29, 0.717) is 0 Å². The third kappa shape index (κ3) is 4.81. The molecule has 0 bridgehead atoms. The van der Waals surface area contributed by atoms with Crippen LogP contribution in [0.4, 0.5) is 8.78 Å². The lowest BCUT2D eigenvalue weighted by molar-refractivity contribution is 0.224. The van der Waals surface area contributed by atoms with Gasteiger partial charge in [-0.3, -0.25) is 8.37 Å². The van der Waals surface area contributed by atoms with Crippen molar-refractivity contribution in [3.8, 4) is 0 Å². The van der Waals surface area contributed by atoms with Gasteiger partial charge in [0.05, 0.1) is 23.0 Å². The molecule has 24 heavy (non-hydrogen) atoms. The maximum Gasteiger partial charge on any atom is 0.297 e. The molecule has 0 fully saturated rings.